The van der Waals surface area contributed by atoms with Crippen molar-refractivity contribution in [1.29, 1.82) is 5.26 Å². The largest absolute Gasteiger partial charge is 0.456 e. The van der Waals surface area contributed by atoms with Gasteiger partial charge in [-0.2, -0.15) is 5.26 Å². The van der Waals surface area contributed by atoms with E-state index in [1.54, 1.807) is 12.1 Å². The number of nitrogens with zero attached hydrogens (tertiary/aromatic N) is 1. The van der Waals surface area contributed by atoms with Gasteiger partial charge < -0.3 is 10.1 Å². The van der Waals surface area contributed by atoms with E-state index < -0.39 is 0 Å². The first-order valence-corrected chi connectivity index (χ1v) is 6.52. The second-order valence-corrected chi connectivity index (χ2v) is 4.61. The summed E-state index contributed by atoms with van der Waals surface area (Å²) >= 11 is 0. The molecular weight excluding hydrogens is 264 g/mol. The zero-order chi connectivity index (χ0) is 14.7. The van der Waals surface area contributed by atoms with E-state index in [-0.39, 0.29) is 12.3 Å². The van der Waals surface area contributed by atoms with Crippen molar-refractivity contribution in [3.63, 3.8) is 0 Å². The summed E-state index contributed by atoms with van der Waals surface area (Å²) in [7, 11) is 0. The van der Waals surface area contributed by atoms with Crippen molar-refractivity contribution in [2.75, 3.05) is 5.32 Å². The number of benzene rings is 2. The maximum absolute atomic E-state index is 11.5. The molecule has 21 heavy (non-hydrogen) atoms. The van der Waals surface area contributed by atoms with Gasteiger partial charge in [0.25, 0.3) is 0 Å². The van der Waals surface area contributed by atoms with Crippen molar-refractivity contribution in [2.24, 2.45) is 0 Å². The summed E-state index contributed by atoms with van der Waals surface area (Å²) in [4.78, 5) is 11.5. The van der Waals surface area contributed by atoms with Crippen LogP contribution in [-0.2, 0) is 4.79 Å². The minimum Gasteiger partial charge on any atom is -0.456 e. The third kappa shape index (κ3) is 2.77. The highest BCUT2D eigenvalue weighted by Gasteiger charge is 2.11. The third-order valence-electron chi connectivity index (χ3n) is 3.12. The summed E-state index contributed by atoms with van der Waals surface area (Å²) < 4.78 is 5.91. The Bertz CT molecular complexity index is 773. The average Bonchev–Trinajstić information content (AvgIpc) is 2.66. The van der Waals surface area contributed by atoms with Gasteiger partial charge in [0.2, 0.25) is 5.91 Å². The Morgan fingerprint density at radius 1 is 1.10 bits per heavy atom. The first-order valence-electron chi connectivity index (χ1n) is 6.52. The minimum atomic E-state index is -0.331. The van der Waals surface area contributed by atoms with E-state index in [1.165, 1.54) is 0 Å². The Labute approximate surface area is 122 Å². The molecule has 3 rings (SSSR count). The lowest BCUT2D eigenvalue weighted by molar-refractivity contribution is -0.115. The molecule has 0 unspecified atom stereocenters. The van der Waals surface area contributed by atoms with Crippen molar-refractivity contribution in [2.45, 2.75) is 6.42 Å². The number of carbonyl (C=O) groups is 1. The van der Waals surface area contributed by atoms with Crippen LogP contribution in [0.5, 0.6) is 11.5 Å². The average molecular weight is 276 g/mol. The minimum absolute atomic E-state index is 0.166. The molecule has 0 radical (unpaired) electrons. The van der Waals surface area contributed by atoms with Gasteiger partial charge >= 0.3 is 0 Å². The standard InChI is InChI=1S/C17H12N2O2/c18-10-9-17(20)19-14-8-7-13-6-5-12-3-1-2-4-15(12)21-16(13)11-14/h1-8,11H,9H2,(H,19,20). The van der Waals surface area contributed by atoms with Crippen LogP contribution in [-0.4, -0.2) is 5.91 Å². The van der Waals surface area contributed by atoms with E-state index in [0.717, 1.165) is 16.9 Å². The van der Waals surface area contributed by atoms with Crippen LogP contribution in [0.3, 0.4) is 0 Å². The van der Waals surface area contributed by atoms with Crippen LogP contribution < -0.4 is 10.1 Å². The van der Waals surface area contributed by atoms with Crippen LogP contribution in [0, 0.1) is 11.3 Å². The van der Waals surface area contributed by atoms with Gasteiger partial charge in [0.05, 0.1) is 6.07 Å². The van der Waals surface area contributed by atoms with Gasteiger partial charge in [-0.1, -0.05) is 30.4 Å². The number of rotatable bonds is 2. The number of hydrogen-bond donors (Lipinski definition) is 1. The molecule has 1 heterocycles. The summed E-state index contributed by atoms with van der Waals surface area (Å²) in [5, 5.41) is 11.2. The summed E-state index contributed by atoms with van der Waals surface area (Å²) in [5.74, 6) is 1.11. The predicted octanol–water partition coefficient (Wildman–Crippen LogP) is 3.81. The topological polar surface area (TPSA) is 62.1 Å². The van der Waals surface area contributed by atoms with Crippen molar-refractivity contribution in [3.05, 3.63) is 53.6 Å². The van der Waals surface area contributed by atoms with Crippen molar-refractivity contribution in [1.82, 2.24) is 0 Å². The second-order valence-electron chi connectivity index (χ2n) is 4.61. The van der Waals surface area contributed by atoms with Crippen molar-refractivity contribution >= 4 is 23.7 Å². The monoisotopic (exact) mass is 276 g/mol. The van der Waals surface area contributed by atoms with Crippen LogP contribution in [0.15, 0.2) is 42.5 Å². The van der Waals surface area contributed by atoms with Gasteiger partial charge in [0, 0.05) is 22.9 Å². The highest BCUT2D eigenvalue weighted by atomic mass is 16.5. The SMILES string of the molecule is N#CCC(=O)Nc1ccc2c(c1)Oc1ccccc1C=C2. The molecule has 0 atom stereocenters. The maximum Gasteiger partial charge on any atom is 0.238 e. The molecule has 2 aromatic carbocycles. The third-order valence-corrected chi connectivity index (χ3v) is 3.12. The van der Waals surface area contributed by atoms with E-state index >= 15 is 0 Å². The molecule has 0 fully saturated rings. The Morgan fingerprint density at radius 2 is 1.86 bits per heavy atom. The molecule has 2 aromatic rings. The molecule has 0 spiro atoms. The fourth-order valence-corrected chi connectivity index (χ4v) is 2.12. The molecule has 102 valence electrons. The number of amides is 1. The lowest BCUT2D eigenvalue weighted by Crippen LogP contribution is -2.10. The zero-order valence-electron chi connectivity index (χ0n) is 11.2. The van der Waals surface area contributed by atoms with Crippen LogP contribution in [0.2, 0.25) is 0 Å². The van der Waals surface area contributed by atoms with Gasteiger partial charge in [0.15, 0.2) is 0 Å². The lowest BCUT2D eigenvalue weighted by Gasteiger charge is -2.10. The number of hydrogen-bond acceptors (Lipinski definition) is 3. The maximum atomic E-state index is 11.5. The molecule has 4 nitrogen and oxygen atoms in total. The Kier molecular flexibility index (Phi) is 3.40. The first-order chi connectivity index (χ1) is 10.3. The Morgan fingerprint density at radius 3 is 2.67 bits per heavy atom. The van der Waals surface area contributed by atoms with Crippen LogP contribution in [0.4, 0.5) is 5.69 Å². The number of ether oxygens (including phenoxy) is 1. The molecule has 1 aliphatic rings. The zero-order valence-corrected chi connectivity index (χ0v) is 11.2. The molecule has 4 heteroatoms. The molecule has 0 aromatic heterocycles. The van der Waals surface area contributed by atoms with Crippen LogP contribution >= 0.6 is 0 Å². The number of nitrogens with one attached hydrogen (secondary N) is 1. The van der Waals surface area contributed by atoms with Crippen LogP contribution in [0.1, 0.15) is 17.5 Å². The summed E-state index contributed by atoms with van der Waals surface area (Å²) in [6.07, 6.45) is 3.80. The molecule has 0 aliphatic carbocycles. The lowest BCUT2D eigenvalue weighted by atomic mass is 10.1. The molecule has 1 N–H and O–H groups in total. The predicted molar refractivity (Wildman–Crippen MR) is 80.7 cm³/mol. The highest BCUT2D eigenvalue weighted by Crippen LogP contribution is 2.35. The summed E-state index contributed by atoms with van der Waals surface area (Å²) in [5.41, 5.74) is 2.55. The molecule has 0 bridgehead atoms. The fraction of sp³-hybridized carbons (Fsp3) is 0.0588. The number of nitriles is 1. The molecule has 1 amide bonds. The quantitative estimate of drug-likeness (QED) is 0.774. The van der Waals surface area contributed by atoms with Crippen LogP contribution in [0.25, 0.3) is 12.2 Å². The van der Waals surface area contributed by atoms with Gasteiger partial charge in [-0.05, 0) is 18.2 Å². The van der Waals surface area contributed by atoms with Gasteiger partial charge in [0.1, 0.15) is 17.9 Å². The normalized spacial score (nSPS) is 11.4. The summed E-state index contributed by atoms with van der Waals surface area (Å²) in [6, 6.07) is 15.0. The fourth-order valence-electron chi connectivity index (χ4n) is 2.12. The second kappa shape index (κ2) is 5.51. The Balaban J connectivity index is 1.92. The highest BCUT2D eigenvalue weighted by molar-refractivity contribution is 5.92. The van der Waals surface area contributed by atoms with Crippen molar-refractivity contribution in [3.8, 4) is 17.6 Å². The molecule has 0 saturated heterocycles. The van der Waals surface area contributed by atoms with E-state index in [2.05, 4.69) is 5.32 Å². The number of anilines is 1. The van der Waals surface area contributed by atoms with E-state index in [1.807, 2.05) is 48.6 Å². The van der Waals surface area contributed by atoms with Gasteiger partial charge in [-0.25, -0.2) is 0 Å². The van der Waals surface area contributed by atoms with E-state index in [9.17, 15) is 4.79 Å². The summed E-state index contributed by atoms with van der Waals surface area (Å²) in [6.45, 7) is 0. The Hall–Kier alpha value is -3.06. The molecule has 0 saturated carbocycles. The smallest absolute Gasteiger partial charge is 0.238 e. The first kappa shape index (κ1) is 12.9. The number of carbonyl (C=O) groups excluding carboxylic acids is 1. The molecule has 1 aliphatic heterocycles. The number of fused-ring (bicyclic) bond motifs is 2. The van der Waals surface area contributed by atoms with Crippen molar-refractivity contribution < 1.29 is 9.53 Å². The number of para-hydroxylation sites is 1. The van der Waals surface area contributed by atoms with E-state index in [4.69, 9.17) is 10.00 Å². The van der Waals surface area contributed by atoms with E-state index in [0.29, 0.717) is 11.4 Å². The van der Waals surface area contributed by atoms with Gasteiger partial charge in [-0.15, -0.1) is 0 Å². The van der Waals surface area contributed by atoms with Gasteiger partial charge in [-0.3, -0.25) is 4.79 Å². The molecular formula is C17H12N2O2.